The highest BCUT2D eigenvalue weighted by atomic mass is 28.4. The fourth-order valence-electron chi connectivity index (χ4n) is 4.85. The zero-order valence-electron chi connectivity index (χ0n) is 21.3. The Morgan fingerprint density at radius 2 is 1.52 bits per heavy atom. The van der Waals surface area contributed by atoms with Gasteiger partial charge in [-0.1, -0.05) is 53.3 Å². The second-order valence-corrected chi connectivity index (χ2v) is 19.6. The first-order chi connectivity index (χ1) is 13.1. The molecule has 1 amide bonds. The molecule has 0 aliphatic carbocycles. The van der Waals surface area contributed by atoms with E-state index in [1.165, 1.54) is 6.08 Å². The van der Waals surface area contributed by atoms with E-state index in [1.54, 1.807) is 0 Å². The van der Waals surface area contributed by atoms with Gasteiger partial charge in [-0.2, -0.15) is 0 Å². The summed E-state index contributed by atoms with van der Waals surface area (Å²) in [5, 5.41) is 3.01. The standard InChI is InChI=1S/C23H50N2O2Si2/c1-13-20(26)24-19-17-18-23(15-3,16-4)29(11,12)27-22(8,14-2)28(9,10)25-21(5,6)7/h13,25H,1,14-19H2,2-12H3,(H,24,26). The number of rotatable bonds is 13. The van der Waals surface area contributed by atoms with Crippen molar-refractivity contribution in [2.75, 3.05) is 6.54 Å². The maximum atomic E-state index is 11.5. The van der Waals surface area contributed by atoms with Crippen molar-refractivity contribution >= 4 is 22.5 Å². The van der Waals surface area contributed by atoms with E-state index in [2.05, 4.69) is 91.5 Å². The maximum Gasteiger partial charge on any atom is 0.243 e. The summed E-state index contributed by atoms with van der Waals surface area (Å²) in [4.78, 5) is 15.4. The third-order valence-corrected chi connectivity index (χ3v) is 16.3. The minimum absolute atomic E-state index is 0.0805. The molecule has 0 heterocycles. The summed E-state index contributed by atoms with van der Waals surface area (Å²) in [6.45, 7) is 29.9. The summed E-state index contributed by atoms with van der Waals surface area (Å²) in [5.41, 5.74) is 0.0805. The molecule has 1 atom stereocenters. The first-order valence-electron chi connectivity index (χ1n) is 11.4. The summed E-state index contributed by atoms with van der Waals surface area (Å²) in [6, 6.07) is 0. The van der Waals surface area contributed by atoms with Crippen LogP contribution in [0.1, 0.15) is 80.6 Å². The number of carbonyl (C=O) groups is 1. The SMILES string of the molecule is C=CC(=O)NCCCC(CC)(CC)[Si](C)(C)OC(C)(CC)[Si](C)(C)NC(C)(C)C. The molecule has 0 aromatic heterocycles. The highest BCUT2D eigenvalue weighted by molar-refractivity contribution is 6.80. The largest absolute Gasteiger partial charge is 0.413 e. The van der Waals surface area contributed by atoms with Crippen LogP contribution in [-0.2, 0) is 9.22 Å². The minimum Gasteiger partial charge on any atom is -0.413 e. The maximum absolute atomic E-state index is 11.5. The molecule has 4 nitrogen and oxygen atoms in total. The number of hydrogen-bond acceptors (Lipinski definition) is 3. The van der Waals surface area contributed by atoms with Gasteiger partial charge in [0.15, 0.2) is 16.6 Å². The molecule has 0 bridgehead atoms. The Kier molecular flexibility index (Phi) is 10.6. The van der Waals surface area contributed by atoms with Crippen LogP contribution in [0.15, 0.2) is 12.7 Å². The van der Waals surface area contributed by atoms with Crippen LogP contribution < -0.4 is 10.3 Å². The Hall–Kier alpha value is -0.436. The van der Waals surface area contributed by atoms with Crippen molar-refractivity contribution in [2.24, 2.45) is 0 Å². The van der Waals surface area contributed by atoms with Gasteiger partial charge in [-0.15, -0.1) is 0 Å². The fraction of sp³-hybridized carbons (Fsp3) is 0.870. The van der Waals surface area contributed by atoms with Gasteiger partial charge in [0.05, 0.1) is 5.22 Å². The van der Waals surface area contributed by atoms with E-state index in [1.807, 2.05) is 0 Å². The molecule has 0 aliphatic rings. The van der Waals surface area contributed by atoms with Crippen molar-refractivity contribution in [1.82, 2.24) is 10.3 Å². The minimum atomic E-state index is -2.05. The first-order valence-corrected chi connectivity index (χ1v) is 17.4. The number of hydrogen-bond donors (Lipinski definition) is 2. The van der Waals surface area contributed by atoms with Crippen LogP contribution in [0.4, 0.5) is 0 Å². The number of amides is 1. The van der Waals surface area contributed by atoms with Crippen LogP contribution in [0.5, 0.6) is 0 Å². The average Bonchev–Trinajstić information content (AvgIpc) is 2.58. The summed E-state index contributed by atoms with van der Waals surface area (Å²) < 4.78 is 7.27. The van der Waals surface area contributed by atoms with E-state index in [0.717, 1.165) is 32.1 Å². The van der Waals surface area contributed by atoms with Gasteiger partial charge in [0.2, 0.25) is 5.91 Å². The Morgan fingerprint density at radius 1 is 1.00 bits per heavy atom. The molecular formula is C23H50N2O2Si2. The summed E-state index contributed by atoms with van der Waals surface area (Å²) >= 11 is 0. The summed E-state index contributed by atoms with van der Waals surface area (Å²) in [5.74, 6) is -0.0871. The highest BCUT2D eigenvalue weighted by Gasteiger charge is 2.53. The lowest BCUT2D eigenvalue weighted by molar-refractivity contribution is -0.116. The molecule has 0 aromatic carbocycles. The van der Waals surface area contributed by atoms with Crippen LogP contribution in [0.25, 0.3) is 0 Å². The van der Waals surface area contributed by atoms with Crippen molar-refractivity contribution in [2.45, 2.75) is 123 Å². The molecular weight excluding hydrogens is 392 g/mol. The van der Waals surface area contributed by atoms with Crippen LogP contribution in [0.3, 0.4) is 0 Å². The average molecular weight is 443 g/mol. The lowest BCUT2D eigenvalue weighted by Gasteiger charge is -2.54. The van der Waals surface area contributed by atoms with Crippen molar-refractivity contribution in [1.29, 1.82) is 0 Å². The van der Waals surface area contributed by atoms with Gasteiger partial charge in [-0.05, 0) is 71.2 Å². The highest BCUT2D eigenvalue weighted by Crippen LogP contribution is 2.51. The second kappa shape index (κ2) is 10.7. The Labute approximate surface area is 183 Å². The van der Waals surface area contributed by atoms with Gasteiger partial charge in [0.1, 0.15) is 0 Å². The molecule has 0 radical (unpaired) electrons. The van der Waals surface area contributed by atoms with Crippen molar-refractivity contribution in [3.63, 3.8) is 0 Å². The normalized spacial score (nSPS) is 15.7. The smallest absolute Gasteiger partial charge is 0.243 e. The third kappa shape index (κ3) is 7.64. The van der Waals surface area contributed by atoms with Crippen molar-refractivity contribution < 1.29 is 9.22 Å². The van der Waals surface area contributed by atoms with E-state index < -0.39 is 16.6 Å². The van der Waals surface area contributed by atoms with E-state index >= 15 is 0 Å². The van der Waals surface area contributed by atoms with Crippen LogP contribution >= 0.6 is 0 Å². The third-order valence-electron chi connectivity index (χ3n) is 7.11. The Morgan fingerprint density at radius 3 is 1.90 bits per heavy atom. The molecule has 0 aliphatic heterocycles. The monoisotopic (exact) mass is 442 g/mol. The summed E-state index contributed by atoms with van der Waals surface area (Å²) in [6.07, 6.45) is 6.66. The molecule has 0 saturated carbocycles. The molecule has 0 fully saturated rings. The predicted molar refractivity (Wildman–Crippen MR) is 133 cm³/mol. The molecule has 29 heavy (non-hydrogen) atoms. The van der Waals surface area contributed by atoms with Crippen LogP contribution in [0.2, 0.25) is 31.2 Å². The molecule has 172 valence electrons. The van der Waals surface area contributed by atoms with E-state index in [0.29, 0.717) is 6.54 Å². The zero-order valence-corrected chi connectivity index (χ0v) is 23.3. The fourth-order valence-corrected chi connectivity index (χ4v) is 13.6. The van der Waals surface area contributed by atoms with Gasteiger partial charge in [0.25, 0.3) is 0 Å². The van der Waals surface area contributed by atoms with Gasteiger partial charge in [-0.3, -0.25) is 4.79 Å². The molecule has 0 spiro atoms. The van der Waals surface area contributed by atoms with Crippen LogP contribution in [-0.4, -0.2) is 39.8 Å². The van der Waals surface area contributed by atoms with Gasteiger partial charge in [0, 0.05) is 12.1 Å². The molecule has 6 heteroatoms. The van der Waals surface area contributed by atoms with E-state index in [9.17, 15) is 4.79 Å². The molecule has 0 rings (SSSR count). The lowest BCUT2D eigenvalue weighted by Crippen LogP contribution is -2.70. The predicted octanol–water partition coefficient (Wildman–Crippen LogP) is 6.15. The Bertz CT molecular complexity index is 537. The molecule has 1 unspecified atom stereocenters. The molecule has 2 N–H and O–H groups in total. The van der Waals surface area contributed by atoms with E-state index in [4.69, 9.17) is 4.43 Å². The van der Waals surface area contributed by atoms with Crippen LogP contribution in [0, 0.1) is 0 Å². The molecule has 0 aromatic rings. The van der Waals surface area contributed by atoms with E-state index in [-0.39, 0.29) is 21.7 Å². The quantitative estimate of drug-likeness (QED) is 0.204. The summed E-state index contributed by atoms with van der Waals surface area (Å²) in [7, 11) is -3.92. The molecule has 0 saturated heterocycles. The lowest BCUT2D eigenvalue weighted by atomic mass is 9.96. The first kappa shape index (κ1) is 28.6. The van der Waals surface area contributed by atoms with Gasteiger partial charge in [-0.25, -0.2) is 0 Å². The number of carbonyl (C=O) groups excluding carboxylic acids is 1. The van der Waals surface area contributed by atoms with Gasteiger partial charge >= 0.3 is 0 Å². The Balaban J connectivity index is 5.62. The second-order valence-electron chi connectivity index (χ2n) is 10.8. The topological polar surface area (TPSA) is 50.4 Å². The van der Waals surface area contributed by atoms with Gasteiger partial charge < -0.3 is 14.7 Å². The van der Waals surface area contributed by atoms with Crippen molar-refractivity contribution in [3.05, 3.63) is 12.7 Å². The zero-order chi connectivity index (χ0) is 23.1. The van der Waals surface area contributed by atoms with Crippen molar-refractivity contribution in [3.8, 4) is 0 Å². The number of nitrogens with one attached hydrogen (secondary N) is 2.